The molecule has 1 unspecified atom stereocenters. The van der Waals surface area contributed by atoms with Crippen LogP contribution >= 0.6 is 0 Å². The van der Waals surface area contributed by atoms with Crippen molar-refractivity contribution in [3.05, 3.63) is 22.9 Å². The molecular formula is C11H19N3O. The minimum Gasteiger partial charge on any atom is -0.317 e. The summed E-state index contributed by atoms with van der Waals surface area (Å²) in [7, 11) is 1.95. The fraction of sp³-hybridized carbons (Fsp3) is 0.727. The standard InChI is InChI=1S/C11H19N3O/c1-9(12-2)5-6-13-7-8-14(11(13)15)10-3-4-10/h7-10,12H,3-6H2,1-2H3. The van der Waals surface area contributed by atoms with Gasteiger partial charge < -0.3 is 5.32 Å². The molecule has 0 amide bonds. The number of rotatable bonds is 5. The topological polar surface area (TPSA) is 39.0 Å². The van der Waals surface area contributed by atoms with Gasteiger partial charge in [0.1, 0.15) is 0 Å². The monoisotopic (exact) mass is 209 g/mol. The van der Waals surface area contributed by atoms with Crippen LogP contribution in [0.4, 0.5) is 0 Å². The lowest BCUT2D eigenvalue weighted by atomic mass is 10.2. The molecule has 0 saturated heterocycles. The Morgan fingerprint density at radius 2 is 2.27 bits per heavy atom. The zero-order chi connectivity index (χ0) is 10.8. The molecule has 1 aliphatic carbocycles. The Morgan fingerprint density at radius 1 is 1.53 bits per heavy atom. The van der Waals surface area contributed by atoms with Gasteiger partial charge in [0, 0.05) is 31.0 Å². The molecule has 84 valence electrons. The van der Waals surface area contributed by atoms with Gasteiger partial charge >= 0.3 is 5.69 Å². The van der Waals surface area contributed by atoms with Crippen molar-refractivity contribution in [3.63, 3.8) is 0 Å². The average Bonchev–Trinajstić information content (AvgIpc) is 3.01. The van der Waals surface area contributed by atoms with Crippen LogP contribution in [0.15, 0.2) is 17.2 Å². The van der Waals surface area contributed by atoms with Crippen LogP contribution in [-0.2, 0) is 6.54 Å². The van der Waals surface area contributed by atoms with Crippen LogP contribution in [0.5, 0.6) is 0 Å². The third-order valence-electron chi connectivity index (χ3n) is 3.11. The number of hydrogen-bond donors (Lipinski definition) is 1. The zero-order valence-corrected chi connectivity index (χ0v) is 9.44. The second-order valence-corrected chi connectivity index (χ2v) is 4.39. The van der Waals surface area contributed by atoms with Crippen molar-refractivity contribution in [2.24, 2.45) is 0 Å². The number of aromatic nitrogens is 2. The number of imidazole rings is 1. The van der Waals surface area contributed by atoms with E-state index in [1.54, 1.807) is 0 Å². The van der Waals surface area contributed by atoms with Gasteiger partial charge in [0.05, 0.1) is 0 Å². The minimum atomic E-state index is 0.154. The van der Waals surface area contributed by atoms with E-state index in [1.165, 1.54) is 0 Å². The van der Waals surface area contributed by atoms with E-state index in [1.807, 2.05) is 28.6 Å². The fourth-order valence-electron chi connectivity index (χ4n) is 1.71. The third kappa shape index (κ3) is 2.31. The molecule has 1 saturated carbocycles. The van der Waals surface area contributed by atoms with E-state index in [-0.39, 0.29) is 5.69 Å². The van der Waals surface area contributed by atoms with Crippen molar-refractivity contribution in [2.45, 2.75) is 44.8 Å². The summed E-state index contributed by atoms with van der Waals surface area (Å²) in [5.41, 5.74) is 0.154. The van der Waals surface area contributed by atoms with Crippen molar-refractivity contribution in [2.75, 3.05) is 7.05 Å². The molecule has 15 heavy (non-hydrogen) atoms. The molecule has 0 aliphatic heterocycles. The summed E-state index contributed by atoms with van der Waals surface area (Å²) in [5.74, 6) is 0. The van der Waals surface area contributed by atoms with Gasteiger partial charge in [-0.25, -0.2) is 4.79 Å². The molecule has 1 N–H and O–H groups in total. The predicted octanol–water partition coefficient (Wildman–Crippen LogP) is 0.983. The first-order chi connectivity index (χ1) is 7.22. The van der Waals surface area contributed by atoms with Crippen LogP contribution < -0.4 is 11.0 Å². The van der Waals surface area contributed by atoms with Crippen LogP contribution in [0.3, 0.4) is 0 Å². The third-order valence-corrected chi connectivity index (χ3v) is 3.11. The maximum atomic E-state index is 11.9. The van der Waals surface area contributed by atoms with Crippen LogP contribution in [0.2, 0.25) is 0 Å². The summed E-state index contributed by atoms with van der Waals surface area (Å²) < 4.78 is 3.68. The Kier molecular flexibility index (Phi) is 2.95. The van der Waals surface area contributed by atoms with Crippen molar-refractivity contribution >= 4 is 0 Å². The summed E-state index contributed by atoms with van der Waals surface area (Å²) in [5, 5.41) is 3.17. The van der Waals surface area contributed by atoms with E-state index >= 15 is 0 Å². The Bertz CT molecular complexity index is 375. The molecule has 1 atom stereocenters. The molecule has 0 aromatic carbocycles. The van der Waals surface area contributed by atoms with Gasteiger partial charge in [-0.15, -0.1) is 0 Å². The molecule has 0 spiro atoms. The fourth-order valence-corrected chi connectivity index (χ4v) is 1.71. The number of aryl methyl sites for hydroxylation is 1. The highest BCUT2D eigenvalue weighted by Gasteiger charge is 2.25. The molecule has 0 bridgehead atoms. The lowest BCUT2D eigenvalue weighted by Crippen LogP contribution is -2.27. The largest absolute Gasteiger partial charge is 0.328 e. The highest BCUT2D eigenvalue weighted by atomic mass is 16.1. The second kappa shape index (κ2) is 4.23. The van der Waals surface area contributed by atoms with Gasteiger partial charge in [-0.1, -0.05) is 0 Å². The zero-order valence-electron chi connectivity index (χ0n) is 9.44. The van der Waals surface area contributed by atoms with Gasteiger partial charge in [-0.3, -0.25) is 9.13 Å². The lowest BCUT2D eigenvalue weighted by molar-refractivity contribution is 0.497. The summed E-state index contributed by atoms with van der Waals surface area (Å²) in [6.07, 6.45) is 7.14. The van der Waals surface area contributed by atoms with E-state index in [0.29, 0.717) is 12.1 Å². The Labute approximate surface area is 89.9 Å². The molecule has 2 rings (SSSR count). The van der Waals surface area contributed by atoms with E-state index in [2.05, 4.69) is 12.2 Å². The van der Waals surface area contributed by atoms with Crippen molar-refractivity contribution < 1.29 is 0 Å². The maximum absolute atomic E-state index is 11.9. The molecule has 4 nitrogen and oxygen atoms in total. The Morgan fingerprint density at radius 3 is 2.87 bits per heavy atom. The van der Waals surface area contributed by atoms with E-state index in [4.69, 9.17) is 0 Å². The second-order valence-electron chi connectivity index (χ2n) is 4.39. The molecule has 4 heteroatoms. The number of nitrogens with zero attached hydrogens (tertiary/aromatic N) is 2. The van der Waals surface area contributed by atoms with Gasteiger partial charge in [0.2, 0.25) is 0 Å². The van der Waals surface area contributed by atoms with Crippen LogP contribution in [-0.4, -0.2) is 22.2 Å². The quantitative estimate of drug-likeness (QED) is 0.785. The van der Waals surface area contributed by atoms with Gasteiger partial charge in [-0.2, -0.15) is 0 Å². The average molecular weight is 209 g/mol. The Hall–Kier alpha value is -1.03. The summed E-state index contributed by atoms with van der Waals surface area (Å²) >= 11 is 0. The molecule has 0 radical (unpaired) electrons. The van der Waals surface area contributed by atoms with Crippen molar-refractivity contribution in [1.82, 2.24) is 14.5 Å². The van der Waals surface area contributed by atoms with Crippen molar-refractivity contribution in [1.29, 1.82) is 0 Å². The highest BCUT2D eigenvalue weighted by molar-refractivity contribution is 4.91. The first kappa shape index (κ1) is 10.5. The lowest BCUT2D eigenvalue weighted by Gasteiger charge is -2.09. The van der Waals surface area contributed by atoms with E-state index in [0.717, 1.165) is 25.8 Å². The van der Waals surface area contributed by atoms with Crippen LogP contribution in [0.1, 0.15) is 32.2 Å². The summed E-state index contributed by atoms with van der Waals surface area (Å²) in [6, 6.07) is 0.946. The highest BCUT2D eigenvalue weighted by Crippen LogP contribution is 2.33. The first-order valence-corrected chi connectivity index (χ1v) is 5.67. The predicted molar refractivity (Wildman–Crippen MR) is 60.1 cm³/mol. The van der Waals surface area contributed by atoms with Gasteiger partial charge in [0.25, 0.3) is 0 Å². The van der Waals surface area contributed by atoms with E-state index < -0.39 is 0 Å². The molecule has 1 fully saturated rings. The first-order valence-electron chi connectivity index (χ1n) is 5.67. The normalized spacial score (nSPS) is 18.0. The van der Waals surface area contributed by atoms with Crippen molar-refractivity contribution in [3.8, 4) is 0 Å². The Balaban J connectivity index is 1.99. The molecule has 1 aromatic heterocycles. The molecular weight excluding hydrogens is 190 g/mol. The van der Waals surface area contributed by atoms with Crippen LogP contribution in [0, 0.1) is 0 Å². The molecule has 1 aromatic rings. The summed E-state index contributed by atoms with van der Waals surface area (Å²) in [4.78, 5) is 11.9. The van der Waals surface area contributed by atoms with Gasteiger partial charge in [-0.05, 0) is 33.2 Å². The molecule has 1 heterocycles. The summed E-state index contributed by atoms with van der Waals surface area (Å²) in [6.45, 7) is 2.93. The number of nitrogens with one attached hydrogen (secondary N) is 1. The minimum absolute atomic E-state index is 0.154. The smallest absolute Gasteiger partial charge is 0.317 e. The molecule has 1 aliphatic rings. The number of hydrogen-bond acceptors (Lipinski definition) is 2. The van der Waals surface area contributed by atoms with E-state index in [9.17, 15) is 4.79 Å². The maximum Gasteiger partial charge on any atom is 0.328 e. The SMILES string of the molecule is CNC(C)CCn1ccn(C2CC2)c1=O. The van der Waals surface area contributed by atoms with Crippen LogP contribution in [0.25, 0.3) is 0 Å². The van der Waals surface area contributed by atoms with Gasteiger partial charge in [0.15, 0.2) is 0 Å².